The van der Waals surface area contributed by atoms with Gasteiger partial charge in [0.1, 0.15) is 22.4 Å². The summed E-state index contributed by atoms with van der Waals surface area (Å²) in [5.41, 5.74) is 4.88. The summed E-state index contributed by atoms with van der Waals surface area (Å²) in [5.74, 6) is 1.44. The zero-order valence-electron chi connectivity index (χ0n) is 22.0. The van der Waals surface area contributed by atoms with Crippen LogP contribution in [0.3, 0.4) is 0 Å². The van der Waals surface area contributed by atoms with Gasteiger partial charge in [0.2, 0.25) is 0 Å². The van der Waals surface area contributed by atoms with Crippen molar-refractivity contribution in [3.63, 3.8) is 0 Å². The van der Waals surface area contributed by atoms with Gasteiger partial charge in [0, 0.05) is 80.4 Å². The molecule has 0 radical (unpaired) electrons. The van der Waals surface area contributed by atoms with Crippen LogP contribution in [0.25, 0.3) is 22.2 Å². The van der Waals surface area contributed by atoms with E-state index in [-0.39, 0.29) is 0 Å². The number of benzene rings is 1. The number of pyridine rings is 2. The normalized spacial score (nSPS) is 17.7. The van der Waals surface area contributed by atoms with Gasteiger partial charge in [-0.15, -0.1) is 0 Å². The maximum atomic E-state index is 6.44. The SMILES string of the molecule is COc1cc(N2CCC(N3CCN(C)CC3)CC2)ccc1Nc1cc(-c2c[nH]c3ncccc23)cc(Cl)n1. The summed E-state index contributed by atoms with van der Waals surface area (Å²) in [7, 11) is 3.92. The Labute approximate surface area is 228 Å². The number of rotatable bonds is 6. The fourth-order valence-corrected chi connectivity index (χ4v) is 5.91. The average Bonchev–Trinajstić information content (AvgIpc) is 3.38. The Morgan fingerprint density at radius 1 is 1.03 bits per heavy atom. The summed E-state index contributed by atoms with van der Waals surface area (Å²) in [4.78, 5) is 19.7. The fourth-order valence-electron chi connectivity index (χ4n) is 5.71. The minimum atomic E-state index is 0.419. The number of hydrogen-bond donors (Lipinski definition) is 2. The predicted molar refractivity (Wildman–Crippen MR) is 155 cm³/mol. The van der Waals surface area contributed by atoms with E-state index >= 15 is 0 Å². The molecular formula is C29H34ClN7O. The van der Waals surface area contributed by atoms with E-state index in [1.54, 1.807) is 13.3 Å². The maximum Gasteiger partial charge on any atom is 0.144 e. The molecule has 8 nitrogen and oxygen atoms in total. The van der Waals surface area contributed by atoms with Crippen molar-refractivity contribution in [3.8, 4) is 16.9 Å². The number of anilines is 3. The van der Waals surface area contributed by atoms with Crippen LogP contribution in [-0.2, 0) is 0 Å². The first-order chi connectivity index (χ1) is 18.6. The number of fused-ring (bicyclic) bond motifs is 1. The number of aromatic amines is 1. The van der Waals surface area contributed by atoms with Crippen molar-refractivity contribution in [2.24, 2.45) is 0 Å². The second-order valence-electron chi connectivity index (χ2n) is 10.2. The highest BCUT2D eigenvalue weighted by molar-refractivity contribution is 6.29. The van der Waals surface area contributed by atoms with E-state index in [0.29, 0.717) is 17.0 Å². The van der Waals surface area contributed by atoms with Crippen LogP contribution in [0.15, 0.2) is 54.9 Å². The third-order valence-corrected chi connectivity index (χ3v) is 8.08. The lowest BCUT2D eigenvalue weighted by molar-refractivity contribution is 0.0982. The van der Waals surface area contributed by atoms with E-state index in [4.69, 9.17) is 16.3 Å². The minimum absolute atomic E-state index is 0.419. The standard InChI is InChI=1S/C29H34ClN7O/c1-35-12-14-37(15-13-35)21-7-10-36(11-8-21)22-5-6-25(26(18-22)38-2)33-28-17-20(16-27(30)34-28)24-19-32-29-23(24)4-3-9-31-29/h3-6,9,16-19,21H,7-8,10-15H2,1-2H3,(H,31,32)(H,33,34). The number of nitrogens with zero attached hydrogens (tertiary/aromatic N) is 5. The molecule has 6 rings (SSSR count). The lowest BCUT2D eigenvalue weighted by atomic mass is 10.0. The molecule has 1 aromatic carbocycles. The molecule has 3 aromatic heterocycles. The second kappa shape index (κ2) is 10.8. The Morgan fingerprint density at radius 2 is 1.84 bits per heavy atom. The highest BCUT2D eigenvalue weighted by atomic mass is 35.5. The number of nitrogens with one attached hydrogen (secondary N) is 2. The van der Waals surface area contributed by atoms with Gasteiger partial charge in [0.15, 0.2) is 0 Å². The van der Waals surface area contributed by atoms with Crippen molar-refractivity contribution < 1.29 is 4.74 Å². The second-order valence-corrected chi connectivity index (χ2v) is 10.6. The molecule has 2 aliphatic heterocycles. The number of likely N-dealkylation sites (N-methyl/N-ethyl adjacent to an activating group) is 1. The molecule has 0 saturated carbocycles. The molecule has 0 unspecified atom stereocenters. The molecule has 0 bridgehead atoms. The van der Waals surface area contributed by atoms with Crippen LogP contribution in [0.5, 0.6) is 5.75 Å². The first-order valence-corrected chi connectivity index (χ1v) is 13.7. The molecule has 5 heterocycles. The summed E-state index contributed by atoms with van der Waals surface area (Å²) in [6.07, 6.45) is 6.13. The average molecular weight is 532 g/mol. The number of ether oxygens (including phenoxy) is 1. The number of aromatic nitrogens is 3. The maximum absolute atomic E-state index is 6.44. The van der Waals surface area contributed by atoms with E-state index in [0.717, 1.165) is 46.7 Å². The Bertz CT molecular complexity index is 1410. The number of piperazine rings is 1. The molecule has 2 N–H and O–H groups in total. The van der Waals surface area contributed by atoms with Crippen LogP contribution in [-0.4, -0.2) is 84.2 Å². The molecule has 2 aliphatic rings. The van der Waals surface area contributed by atoms with Gasteiger partial charge >= 0.3 is 0 Å². The molecule has 2 fully saturated rings. The van der Waals surface area contributed by atoms with Gasteiger partial charge < -0.3 is 24.8 Å². The van der Waals surface area contributed by atoms with Crippen LogP contribution in [0.1, 0.15) is 12.8 Å². The van der Waals surface area contributed by atoms with E-state index in [2.05, 4.69) is 60.2 Å². The Kier molecular flexibility index (Phi) is 7.10. The van der Waals surface area contributed by atoms with Crippen LogP contribution < -0.4 is 15.0 Å². The Morgan fingerprint density at radius 3 is 2.63 bits per heavy atom. The van der Waals surface area contributed by atoms with Crippen molar-refractivity contribution in [1.82, 2.24) is 24.8 Å². The van der Waals surface area contributed by atoms with Crippen molar-refractivity contribution in [2.75, 3.05) is 63.6 Å². The molecule has 0 amide bonds. The number of methoxy groups -OCH3 is 1. The van der Waals surface area contributed by atoms with E-state index in [1.165, 1.54) is 44.7 Å². The van der Waals surface area contributed by atoms with Crippen molar-refractivity contribution >= 4 is 39.8 Å². The van der Waals surface area contributed by atoms with Crippen molar-refractivity contribution in [3.05, 3.63) is 60.0 Å². The van der Waals surface area contributed by atoms with Gasteiger partial charge in [-0.1, -0.05) is 11.6 Å². The molecule has 4 aromatic rings. The number of piperidine rings is 1. The summed E-state index contributed by atoms with van der Waals surface area (Å²) < 4.78 is 5.79. The van der Waals surface area contributed by atoms with E-state index < -0.39 is 0 Å². The lowest BCUT2D eigenvalue weighted by Gasteiger charge is -2.42. The first-order valence-electron chi connectivity index (χ1n) is 13.3. The molecule has 9 heteroatoms. The summed E-state index contributed by atoms with van der Waals surface area (Å²) >= 11 is 6.44. The zero-order valence-corrected chi connectivity index (χ0v) is 22.7. The van der Waals surface area contributed by atoms with Crippen LogP contribution in [0, 0.1) is 0 Å². The Hall–Kier alpha value is -3.33. The lowest BCUT2D eigenvalue weighted by Crippen LogP contribution is -2.52. The summed E-state index contributed by atoms with van der Waals surface area (Å²) in [5, 5.41) is 4.88. The van der Waals surface area contributed by atoms with Crippen LogP contribution in [0.4, 0.5) is 17.2 Å². The molecule has 38 heavy (non-hydrogen) atoms. The number of halogens is 1. The van der Waals surface area contributed by atoms with Gasteiger partial charge in [0.05, 0.1) is 12.8 Å². The largest absolute Gasteiger partial charge is 0.494 e. The first kappa shape index (κ1) is 25.0. The van der Waals surface area contributed by atoms with Gasteiger partial charge in [0.25, 0.3) is 0 Å². The monoisotopic (exact) mass is 531 g/mol. The Balaban J connectivity index is 1.17. The molecule has 0 atom stereocenters. The summed E-state index contributed by atoms with van der Waals surface area (Å²) in [6, 6.07) is 14.9. The van der Waals surface area contributed by atoms with Gasteiger partial charge in [-0.2, -0.15) is 0 Å². The minimum Gasteiger partial charge on any atom is -0.494 e. The van der Waals surface area contributed by atoms with Gasteiger partial charge in [-0.05, 0) is 61.9 Å². The third kappa shape index (κ3) is 5.16. The smallest absolute Gasteiger partial charge is 0.144 e. The molecule has 198 valence electrons. The van der Waals surface area contributed by atoms with Gasteiger partial charge in [-0.3, -0.25) is 4.90 Å². The highest BCUT2D eigenvalue weighted by Crippen LogP contribution is 2.35. The molecule has 2 saturated heterocycles. The van der Waals surface area contributed by atoms with Crippen LogP contribution >= 0.6 is 11.6 Å². The zero-order chi connectivity index (χ0) is 26.1. The number of H-pyrrole nitrogens is 1. The quantitative estimate of drug-likeness (QED) is 0.329. The topological polar surface area (TPSA) is 72.6 Å². The predicted octanol–water partition coefficient (Wildman–Crippen LogP) is 5.25. The fraction of sp³-hybridized carbons (Fsp3) is 0.379. The van der Waals surface area contributed by atoms with Crippen molar-refractivity contribution in [2.45, 2.75) is 18.9 Å². The van der Waals surface area contributed by atoms with Crippen LogP contribution in [0.2, 0.25) is 5.15 Å². The third-order valence-electron chi connectivity index (χ3n) is 7.89. The number of hydrogen-bond acceptors (Lipinski definition) is 7. The molecule has 0 aliphatic carbocycles. The summed E-state index contributed by atoms with van der Waals surface area (Å²) in [6.45, 7) is 6.84. The highest BCUT2D eigenvalue weighted by Gasteiger charge is 2.27. The van der Waals surface area contributed by atoms with E-state index in [1.807, 2.05) is 30.5 Å². The molecule has 0 spiro atoms. The van der Waals surface area contributed by atoms with Crippen molar-refractivity contribution in [1.29, 1.82) is 0 Å². The van der Waals surface area contributed by atoms with E-state index in [9.17, 15) is 0 Å². The molecular weight excluding hydrogens is 498 g/mol. The van der Waals surface area contributed by atoms with Gasteiger partial charge in [-0.25, -0.2) is 9.97 Å².